The Balaban J connectivity index is 0. The topological polar surface area (TPSA) is 61.5 Å². The van der Waals surface area contributed by atoms with Gasteiger partial charge in [-0.2, -0.15) is 0 Å². The maximum Gasteiger partial charge on any atom is 0.302 e. The third-order valence-electron chi connectivity index (χ3n) is 1.63. The molecule has 0 heterocycles. The molecule has 0 aliphatic carbocycles. The SMILES string of the molecule is COC(C)=O.COC(CN)[N+](C)(C)C. The molecule has 14 heavy (non-hydrogen) atoms. The monoisotopic (exact) mass is 207 g/mol. The van der Waals surface area contributed by atoms with Crippen molar-refractivity contribution in [3.8, 4) is 0 Å². The molecule has 86 valence electrons. The number of quaternary nitrogens is 1. The van der Waals surface area contributed by atoms with E-state index in [0.717, 1.165) is 4.48 Å². The summed E-state index contributed by atoms with van der Waals surface area (Å²) in [6.45, 7) is 1.93. The van der Waals surface area contributed by atoms with E-state index in [9.17, 15) is 4.79 Å². The number of carbonyl (C=O) groups is 1. The van der Waals surface area contributed by atoms with Gasteiger partial charge in [0.1, 0.15) is 0 Å². The molecule has 1 atom stereocenters. The van der Waals surface area contributed by atoms with Crippen LogP contribution in [0.2, 0.25) is 0 Å². The highest BCUT2D eigenvalue weighted by molar-refractivity contribution is 5.65. The molecule has 0 aliphatic rings. The van der Waals surface area contributed by atoms with E-state index < -0.39 is 0 Å². The number of hydrogen-bond donors (Lipinski definition) is 1. The van der Waals surface area contributed by atoms with Crippen LogP contribution in [0, 0.1) is 0 Å². The maximum atomic E-state index is 9.59. The van der Waals surface area contributed by atoms with E-state index in [0.29, 0.717) is 6.54 Å². The highest BCUT2D eigenvalue weighted by Gasteiger charge is 2.20. The average Bonchev–Trinajstić information content (AvgIpc) is 2.05. The first-order chi connectivity index (χ1) is 6.29. The Labute approximate surface area is 86.4 Å². The number of hydrogen-bond acceptors (Lipinski definition) is 4. The van der Waals surface area contributed by atoms with Gasteiger partial charge in [-0.15, -0.1) is 0 Å². The Morgan fingerprint density at radius 2 is 1.71 bits per heavy atom. The summed E-state index contributed by atoms with van der Waals surface area (Å²) in [6, 6.07) is 0. The van der Waals surface area contributed by atoms with Gasteiger partial charge in [-0.3, -0.25) is 4.79 Å². The van der Waals surface area contributed by atoms with Crippen LogP contribution in [0.3, 0.4) is 0 Å². The third kappa shape index (κ3) is 9.44. The molecule has 2 N–H and O–H groups in total. The van der Waals surface area contributed by atoms with Crippen LogP contribution in [0.25, 0.3) is 0 Å². The molecule has 0 spiro atoms. The first-order valence-electron chi connectivity index (χ1n) is 4.38. The van der Waals surface area contributed by atoms with Gasteiger partial charge in [0.15, 0.2) is 0 Å². The fourth-order valence-corrected chi connectivity index (χ4v) is 0.729. The van der Waals surface area contributed by atoms with Gasteiger partial charge in [0.05, 0.1) is 34.8 Å². The van der Waals surface area contributed by atoms with Crippen LogP contribution in [0.4, 0.5) is 0 Å². The quantitative estimate of drug-likeness (QED) is 0.395. The maximum absolute atomic E-state index is 9.59. The van der Waals surface area contributed by atoms with Gasteiger partial charge in [-0.25, -0.2) is 0 Å². The lowest BCUT2D eigenvalue weighted by Gasteiger charge is -2.31. The van der Waals surface area contributed by atoms with E-state index in [4.69, 9.17) is 10.5 Å². The molecule has 0 saturated carbocycles. The molecule has 0 radical (unpaired) electrons. The number of ether oxygens (including phenoxy) is 2. The third-order valence-corrected chi connectivity index (χ3v) is 1.63. The van der Waals surface area contributed by atoms with Gasteiger partial charge in [-0.05, 0) is 0 Å². The van der Waals surface area contributed by atoms with Crippen LogP contribution in [-0.4, -0.2) is 58.6 Å². The Bertz CT molecular complexity index is 151. The summed E-state index contributed by atoms with van der Waals surface area (Å²) in [5.74, 6) is -0.245. The Kier molecular flexibility index (Phi) is 8.72. The van der Waals surface area contributed by atoms with Crippen LogP contribution in [-0.2, 0) is 14.3 Å². The van der Waals surface area contributed by atoms with E-state index >= 15 is 0 Å². The van der Waals surface area contributed by atoms with Crippen molar-refractivity contribution in [2.24, 2.45) is 5.73 Å². The Morgan fingerprint density at radius 3 is 1.71 bits per heavy atom. The first kappa shape index (κ1) is 15.8. The molecule has 0 aliphatic heterocycles. The van der Waals surface area contributed by atoms with E-state index in [2.05, 4.69) is 25.9 Å². The van der Waals surface area contributed by atoms with Crippen LogP contribution >= 0.6 is 0 Å². The summed E-state index contributed by atoms with van der Waals surface area (Å²) in [7, 11) is 9.20. The molecule has 5 nitrogen and oxygen atoms in total. The molecular formula is C9H23N2O3+. The van der Waals surface area contributed by atoms with Gasteiger partial charge in [0.2, 0.25) is 6.23 Å². The van der Waals surface area contributed by atoms with Crippen molar-refractivity contribution in [2.45, 2.75) is 13.2 Å². The number of carbonyl (C=O) groups excluding carboxylic acids is 1. The zero-order valence-electron chi connectivity index (χ0n) is 10.0. The van der Waals surface area contributed by atoms with E-state index in [1.54, 1.807) is 7.11 Å². The zero-order chi connectivity index (χ0) is 11.8. The second-order valence-corrected chi connectivity index (χ2v) is 3.74. The molecule has 1 unspecified atom stereocenters. The molecule has 0 saturated heterocycles. The summed E-state index contributed by atoms with van der Waals surface area (Å²) in [4.78, 5) is 9.59. The predicted octanol–water partition coefficient (Wildman–Crippen LogP) is -0.197. The van der Waals surface area contributed by atoms with Crippen LogP contribution in [0.1, 0.15) is 6.92 Å². The van der Waals surface area contributed by atoms with Gasteiger partial charge < -0.3 is 19.7 Å². The van der Waals surface area contributed by atoms with E-state index in [-0.39, 0.29) is 12.2 Å². The lowest BCUT2D eigenvalue weighted by atomic mass is 10.4. The molecule has 0 fully saturated rings. The predicted molar refractivity (Wildman–Crippen MR) is 55.6 cm³/mol. The fraction of sp³-hybridized carbons (Fsp3) is 0.889. The minimum Gasteiger partial charge on any atom is -0.469 e. The first-order valence-corrected chi connectivity index (χ1v) is 4.38. The van der Waals surface area contributed by atoms with E-state index in [1.165, 1.54) is 14.0 Å². The lowest BCUT2D eigenvalue weighted by Crippen LogP contribution is -2.50. The van der Waals surface area contributed by atoms with Crippen molar-refractivity contribution >= 4 is 5.97 Å². The minimum atomic E-state index is -0.245. The van der Waals surface area contributed by atoms with Crippen LogP contribution in [0.15, 0.2) is 0 Å². The molecule has 0 rings (SSSR count). The summed E-state index contributed by atoms with van der Waals surface area (Å²) in [5.41, 5.74) is 5.43. The van der Waals surface area contributed by atoms with Gasteiger partial charge in [-0.1, -0.05) is 0 Å². The largest absolute Gasteiger partial charge is 0.469 e. The number of rotatable bonds is 3. The highest BCUT2D eigenvalue weighted by Crippen LogP contribution is 2.00. The van der Waals surface area contributed by atoms with Gasteiger partial charge in [0.25, 0.3) is 0 Å². The summed E-state index contributed by atoms with van der Waals surface area (Å²) in [6.07, 6.45) is 0.116. The summed E-state index contributed by atoms with van der Waals surface area (Å²) in [5, 5.41) is 0. The zero-order valence-corrected chi connectivity index (χ0v) is 10.0. The molecule has 0 bridgehead atoms. The number of likely N-dealkylation sites (N-methyl/N-ethyl adjacent to an activating group) is 1. The molecule has 0 amide bonds. The Morgan fingerprint density at radius 1 is 1.36 bits per heavy atom. The normalized spacial score (nSPS) is 12.5. The summed E-state index contributed by atoms with van der Waals surface area (Å²) >= 11 is 0. The fourth-order valence-electron chi connectivity index (χ4n) is 0.729. The molecule has 0 aromatic rings. The van der Waals surface area contributed by atoms with E-state index in [1.807, 2.05) is 0 Å². The summed E-state index contributed by atoms with van der Waals surface area (Å²) < 4.78 is 9.98. The van der Waals surface area contributed by atoms with Crippen molar-refractivity contribution in [1.29, 1.82) is 0 Å². The minimum absolute atomic E-state index is 0.116. The smallest absolute Gasteiger partial charge is 0.302 e. The van der Waals surface area contributed by atoms with Crippen LogP contribution in [0.5, 0.6) is 0 Å². The van der Waals surface area contributed by atoms with Crippen LogP contribution < -0.4 is 5.73 Å². The van der Waals surface area contributed by atoms with Crippen molar-refractivity contribution in [3.63, 3.8) is 0 Å². The van der Waals surface area contributed by atoms with Crippen molar-refractivity contribution in [1.82, 2.24) is 0 Å². The Hall–Kier alpha value is -0.650. The standard InChI is InChI=1S/C6H17N2O.C3H6O2/c1-8(2,3)6(5-7)9-4;1-3(4)5-2/h6H,5,7H2,1-4H3;1-2H3/q+1;. The second kappa shape index (κ2) is 7.73. The molecule has 0 aromatic carbocycles. The molecule has 0 aromatic heterocycles. The number of nitrogens with zero attached hydrogens (tertiary/aromatic N) is 1. The number of esters is 1. The molecule has 5 heteroatoms. The van der Waals surface area contributed by atoms with Gasteiger partial charge >= 0.3 is 5.97 Å². The average molecular weight is 207 g/mol. The molecular weight excluding hydrogens is 184 g/mol. The highest BCUT2D eigenvalue weighted by atomic mass is 16.5. The van der Waals surface area contributed by atoms with Gasteiger partial charge in [0, 0.05) is 14.0 Å². The van der Waals surface area contributed by atoms with Crippen molar-refractivity contribution in [2.75, 3.05) is 41.9 Å². The number of nitrogens with two attached hydrogens (primary N) is 1. The lowest BCUT2D eigenvalue weighted by molar-refractivity contribution is -0.917. The van der Waals surface area contributed by atoms with Crippen molar-refractivity contribution < 1.29 is 18.8 Å². The number of methoxy groups -OCH3 is 2. The van der Waals surface area contributed by atoms with Crippen molar-refractivity contribution in [3.05, 3.63) is 0 Å². The second-order valence-electron chi connectivity index (χ2n) is 3.74.